The highest BCUT2D eigenvalue weighted by molar-refractivity contribution is 8.76. The standard InChI is InChI=1S/C38H73N21O10S2/c1-18(28(62)56-22(27(40)61)8-4-12-49-35(41)42)53-30(64)23(9-5-13-50-36(43)44)58-32(66)25(11-7-15-52-38(47)48)59-31(65)24(10-6-14-51-37(45)46)57-29(63)19(2)54-33(67)26(55-20(3)60)17-71-70-16-21(39)34(68)69/h18-19,21-26H,4-17,39H2,1-3H3,(H2,40,61)(H,53,64)(H,54,67)(H,55,60)(H,56,62)(H,57,63)(H,58,66)(H,59,65)(H,68,69)(H4,41,42,49)(H4,43,44,50)(H4,45,46,51)(H4,47,48,52)/t18-,19-,21+,22-,23-,24+,25-,26-/m1/s1. The van der Waals surface area contributed by atoms with Crippen molar-refractivity contribution in [3.8, 4) is 0 Å². The smallest absolute Gasteiger partial charge is 0.321 e. The third kappa shape index (κ3) is 30.2. The van der Waals surface area contributed by atoms with Crippen LogP contribution in [0.15, 0.2) is 20.0 Å². The molecule has 0 aliphatic heterocycles. The highest BCUT2D eigenvalue weighted by atomic mass is 33.1. The largest absolute Gasteiger partial charge is 0.480 e. The van der Waals surface area contributed by atoms with Crippen molar-refractivity contribution in [2.75, 3.05) is 37.7 Å². The van der Waals surface area contributed by atoms with Crippen molar-refractivity contribution < 1.29 is 48.3 Å². The Balaban J connectivity index is 6.54. The Morgan fingerprint density at radius 2 is 0.732 bits per heavy atom. The van der Waals surface area contributed by atoms with E-state index in [2.05, 4.69) is 57.2 Å². The van der Waals surface area contributed by atoms with Gasteiger partial charge in [0.2, 0.25) is 47.3 Å². The minimum Gasteiger partial charge on any atom is -0.480 e. The van der Waals surface area contributed by atoms with Crippen LogP contribution in [0.3, 0.4) is 0 Å². The quantitative estimate of drug-likeness (QED) is 0.0120. The number of carboxylic acids is 1. The van der Waals surface area contributed by atoms with Crippen LogP contribution in [0.5, 0.6) is 0 Å². The summed E-state index contributed by atoms with van der Waals surface area (Å²) in [6.45, 7) is 4.04. The molecule has 8 amide bonds. The molecule has 402 valence electrons. The predicted octanol–water partition coefficient (Wildman–Crippen LogP) is -8.07. The average Bonchev–Trinajstić information content (AvgIpc) is 3.27. The maximum Gasteiger partial charge on any atom is 0.321 e. The van der Waals surface area contributed by atoms with Crippen molar-refractivity contribution in [2.24, 2.45) is 77.3 Å². The van der Waals surface area contributed by atoms with Gasteiger partial charge in [-0.3, -0.25) is 63.1 Å². The van der Waals surface area contributed by atoms with Crippen molar-refractivity contribution >= 4 is 98.7 Å². The number of carbonyl (C=O) groups is 9. The van der Waals surface area contributed by atoms with Gasteiger partial charge in [0, 0.05) is 44.6 Å². The molecular formula is C38H73N21O10S2. The van der Waals surface area contributed by atoms with Gasteiger partial charge in [0.05, 0.1) is 0 Å². The van der Waals surface area contributed by atoms with Crippen LogP contribution in [0.2, 0.25) is 0 Å². The predicted molar refractivity (Wildman–Crippen MR) is 270 cm³/mol. The number of aliphatic imine (C=N–C) groups is 4. The number of aliphatic carboxylic acids is 1. The molecule has 8 atom stereocenters. The van der Waals surface area contributed by atoms with E-state index in [1.807, 2.05) is 0 Å². The molecule has 33 heteroatoms. The van der Waals surface area contributed by atoms with Gasteiger partial charge in [-0.05, 0) is 65.2 Å². The second-order valence-corrected chi connectivity index (χ2v) is 18.2. The minimum atomic E-state index is -1.41. The first-order valence-corrected chi connectivity index (χ1v) is 24.6. The summed E-state index contributed by atoms with van der Waals surface area (Å²) in [6.07, 6.45) is 0.443. The van der Waals surface area contributed by atoms with Crippen LogP contribution in [-0.4, -0.2) is 168 Å². The number of primary amides is 1. The van der Waals surface area contributed by atoms with Crippen molar-refractivity contribution in [3.05, 3.63) is 0 Å². The Labute approximate surface area is 418 Å². The average molecular weight is 1050 g/mol. The van der Waals surface area contributed by atoms with E-state index in [1.165, 1.54) is 20.8 Å². The summed E-state index contributed by atoms with van der Waals surface area (Å²) in [4.78, 5) is 133. The Hall–Kier alpha value is -7.03. The second-order valence-electron chi connectivity index (χ2n) is 15.7. The topological polar surface area (TPSA) is 568 Å². The number of hydrogen-bond acceptors (Lipinski definition) is 16. The normalized spacial score (nSPS) is 14.0. The van der Waals surface area contributed by atoms with E-state index in [9.17, 15) is 43.2 Å². The zero-order valence-corrected chi connectivity index (χ0v) is 41.7. The molecule has 0 spiro atoms. The van der Waals surface area contributed by atoms with Gasteiger partial charge in [0.1, 0.15) is 48.3 Å². The first-order chi connectivity index (χ1) is 33.2. The Kier molecular flexibility index (Phi) is 31.6. The number of guanidine groups is 4. The van der Waals surface area contributed by atoms with Gasteiger partial charge < -0.3 is 99.7 Å². The number of hydrogen-bond donors (Lipinski definition) is 18. The summed E-state index contributed by atoms with van der Waals surface area (Å²) in [5.74, 6) is -8.58. The molecule has 0 aliphatic rings. The highest BCUT2D eigenvalue weighted by Gasteiger charge is 2.32. The van der Waals surface area contributed by atoms with Crippen molar-refractivity contribution in [1.82, 2.24) is 37.2 Å². The van der Waals surface area contributed by atoms with E-state index in [0.717, 1.165) is 21.6 Å². The third-order valence-corrected chi connectivity index (χ3v) is 11.9. The van der Waals surface area contributed by atoms with E-state index in [1.54, 1.807) is 0 Å². The fourth-order valence-electron chi connectivity index (χ4n) is 5.74. The lowest BCUT2D eigenvalue weighted by atomic mass is 10.0. The first kappa shape index (κ1) is 64.0. The molecule has 0 rings (SSSR count). The molecule has 0 saturated heterocycles. The molecule has 0 saturated carbocycles. The summed E-state index contributed by atoms with van der Waals surface area (Å²) in [7, 11) is 2.12. The molecule has 0 unspecified atom stereocenters. The van der Waals surface area contributed by atoms with Gasteiger partial charge in [-0.1, -0.05) is 21.6 Å². The number of carboxylic acid groups (broad SMARTS) is 1. The summed E-state index contributed by atoms with van der Waals surface area (Å²) >= 11 is 0. The first-order valence-electron chi connectivity index (χ1n) is 22.1. The molecule has 28 N–H and O–H groups in total. The van der Waals surface area contributed by atoms with Crippen molar-refractivity contribution in [2.45, 2.75) is 120 Å². The Bertz CT molecular complexity index is 1910. The van der Waals surface area contributed by atoms with Crippen LogP contribution >= 0.6 is 21.6 Å². The third-order valence-electron chi connectivity index (χ3n) is 9.42. The van der Waals surface area contributed by atoms with Crippen LogP contribution in [0.25, 0.3) is 0 Å². The van der Waals surface area contributed by atoms with Gasteiger partial charge >= 0.3 is 5.97 Å². The van der Waals surface area contributed by atoms with Crippen LogP contribution in [0.1, 0.15) is 72.1 Å². The van der Waals surface area contributed by atoms with E-state index in [-0.39, 0.29) is 113 Å². The highest BCUT2D eigenvalue weighted by Crippen LogP contribution is 2.23. The number of carbonyl (C=O) groups excluding carboxylic acids is 8. The van der Waals surface area contributed by atoms with Crippen molar-refractivity contribution in [1.29, 1.82) is 0 Å². The van der Waals surface area contributed by atoms with Gasteiger partial charge in [0.15, 0.2) is 23.8 Å². The van der Waals surface area contributed by atoms with Gasteiger partial charge in [0.25, 0.3) is 0 Å². The summed E-state index contributed by atoms with van der Waals surface area (Å²) in [5.41, 5.74) is 54.4. The number of nitrogens with one attached hydrogen (secondary N) is 7. The molecule has 0 fully saturated rings. The number of nitrogens with zero attached hydrogens (tertiary/aromatic N) is 4. The van der Waals surface area contributed by atoms with Gasteiger partial charge in [-0.2, -0.15) is 0 Å². The lowest BCUT2D eigenvalue weighted by Crippen LogP contribution is -2.59. The zero-order chi connectivity index (χ0) is 54.2. The molecule has 31 nitrogen and oxygen atoms in total. The van der Waals surface area contributed by atoms with E-state index < -0.39 is 102 Å². The molecule has 0 aliphatic carbocycles. The van der Waals surface area contributed by atoms with Crippen LogP contribution in [0.4, 0.5) is 0 Å². The zero-order valence-electron chi connectivity index (χ0n) is 40.0. The SMILES string of the molecule is CC(=O)N[C@H](CSSC[C@H](N)C(=O)O)C(=O)N[C@H](C)C(=O)N[C@@H](CCCN=C(N)N)C(=O)N[C@H](CCCN=C(N)N)C(=O)N[C@H](CCCN=C(N)N)C(=O)N[C@H](C)C(=O)N[C@H](CCCN=C(N)N)C(N)=O. The Morgan fingerprint density at radius 3 is 1.06 bits per heavy atom. The molecule has 0 bridgehead atoms. The van der Waals surface area contributed by atoms with E-state index in [0.29, 0.717) is 0 Å². The second kappa shape index (κ2) is 35.1. The molecular weight excluding hydrogens is 975 g/mol. The summed E-state index contributed by atoms with van der Waals surface area (Å²) < 4.78 is 0. The maximum atomic E-state index is 14.1. The molecule has 0 aromatic heterocycles. The summed E-state index contributed by atoms with van der Waals surface area (Å²) in [6, 6.07) is -10.2. The number of rotatable bonds is 36. The van der Waals surface area contributed by atoms with Crippen LogP contribution in [-0.2, 0) is 43.2 Å². The van der Waals surface area contributed by atoms with E-state index in [4.69, 9.17) is 62.4 Å². The van der Waals surface area contributed by atoms with Crippen LogP contribution < -0.4 is 94.6 Å². The number of amides is 8. The molecule has 0 aromatic rings. The minimum absolute atomic E-state index is 0.00144. The number of nitrogens with two attached hydrogens (primary N) is 10. The fraction of sp³-hybridized carbons (Fsp3) is 0.658. The monoisotopic (exact) mass is 1050 g/mol. The van der Waals surface area contributed by atoms with E-state index >= 15 is 0 Å². The van der Waals surface area contributed by atoms with Crippen molar-refractivity contribution in [3.63, 3.8) is 0 Å². The molecule has 71 heavy (non-hydrogen) atoms. The lowest BCUT2D eigenvalue weighted by Gasteiger charge is -2.27. The molecule has 0 radical (unpaired) electrons. The van der Waals surface area contributed by atoms with Crippen LogP contribution in [0, 0.1) is 0 Å². The molecule has 0 heterocycles. The van der Waals surface area contributed by atoms with Gasteiger partial charge in [-0.25, -0.2) is 0 Å². The Morgan fingerprint density at radius 1 is 0.437 bits per heavy atom. The van der Waals surface area contributed by atoms with Gasteiger partial charge in [-0.15, -0.1) is 0 Å². The lowest BCUT2D eigenvalue weighted by molar-refractivity contribution is -0.138. The fourth-order valence-corrected chi connectivity index (χ4v) is 8.02. The molecule has 0 aromatic carbocycles. The summed E-state index contributed by atoms with van der Waals surface area (Å²) in [5, 5.41) is 26.7. The maximum absolute atomic E-state index is 14.1.